The zero-order valence-corrected chi connectivity index (χ0v) is 16.6. The normalized spacial score (nSPS) is 18.8. The summed E-state index contributed by atoms with van der Waals surface area (Å²) >= 11 is 12.1. The smallest absolute Gasteiger partial charge is 0.255 e. The molecule has 2 fully saturated rings. The third-order valence-corrected chi connectivity index (χ3v) is 6.13. The van der Waals surface area contributed by atoms with E-state index in [2.05, 4.69) is 0 Å². The molecule has 1 aliphatic heterocycles. The minimum Gasteiger partial charge on any atom is -0.339 e. The molecular formula is C20H26Cl2N2O2. The molecule has 0 radical (unpaired) electrons. The molecule has 0 N–H and O–H groups in total. The van der Waals surface area contributed by atoms with Gasteiger partial charge < -0.3 is 9.80 Å². The lowest BCUT2D eigenvalue weighted by molar-refractivity contribution is -0.133. The Morgan fingerprint density at radius 2 is 1.62 bits per heavy atom. The minimum absolute atomic E-state index is 0.119. The fraction of sp³-hybridized carbons (Fsp3) is 0.600. The molecule has 0 aromatic heterocycles. The van der Waals surface area contributed by atoms with Crippen molar-refractivity contribution in [3.63, 3.8) is 0 Å². The van der Waals surface area contributed by atoms with Crippen LogP contribution >= 0.6 is 23.2 Å². The van der Waals surface area contributed by atoms with Crippen molar-refractivity contribution >= 4 is 35.0 Å². The highest BCUT2D eigenvalue weighted by Crippen LogP contribution is 2.28. The van der Waals surface area contributed by atoms with E-state index in [-0.39, 0.29) is 11.8 Å². The molecule has 0 bridgehead atoms. The summed E-state index contributed by atoms with van der Waals surface area (Å²) in [6, 6.07) is 4.92. The van der Waals surface area contributed by atoms with Gasteiger partial charge in [-0.05, 0) is 30.5 Å². The molecule has 2 amide bonds. The van der Waals surface area contributed by atoms with Crippen LogP contribution in [0, 0.1) is 5.92 Å². The predicted molar refractivity (Wildman–Crippen MR) is 105 cm³/mol. The first-order valence-corrected chi connectivity index (χ1v) is 10.3. The highest BCUT2D eigenvalue weighted by Gasteiger charge is 2.26. The topological polar surface area (TPSA) is 40.6 Å². The van der Waals surface area contributed by atoms with E-state index >= 15 is 0 Å². The van der Waals surface area contributed by atoms with Gasteiger partial charge in [0, 0.05) is 37.6 Å². The average Bonchev–Trinajstić information content (AvgIpc) is 2.68. The van der Waals surface area contributed by atoms with Crippen LogP contribution in [0.15, 0.2) is 18.2 Å². The zero-order valence-electron chi connectivity index (χ0n) is 15.1. The number of piperazine rings is 1. The van der Waals surface area contributed by atoms with Gasteiger partial charge in [-0.1, -0.05) is 55.3 Å². The Hall–Kier alpha value is -1.26. The van der Waals surface area contributed by atoms with Gasteiger partial charge in [-0.2, -0.15) is 0 Å². The van der Waals surface area contributed by atoms with Crippen LogP contribution in [0.1, 0.15) is 55.3 Å². The van der Waals surface area contributed by atoms with E-state index in [9.17, 15) is 9.59 Å². The van der Waals surface area contributed by atoms with Gasteiger partial charge in [0.15, 0.2) is 0 Å². The van der Waals surface area contributed by atoms with Crippen molar-refractivity contribution in [2.24, 2.45) is 5.92 Å². The molecule has 0 spiro atoms. The van der Waals surface area contributed by atoms with E-state index in [1.165, 1.54) is 32.1 Å². The lowest BCUT2D eigenvalue weighted by atomic mass is 9.86. The first-order valence-electron chi connectivity index (χ1n) is 9.56. The molecule has 6 heteroatoms. The third kappa shape index (κ3) is 4.92. The number of hydrogen-bond acceptors (Lipinski definition) is 2. The van der Waals surface area contributed by atoms with Crippen molar-refractivity contribution in [3.8, 4) is 0 Å². The average molecular weight is 397 g/mol. The molecule has 1 heterocycles. The van der Waals surface area contributed by atoms with E-state index in [4.69, 9.17) is 23.2 Å². The molecule has 3 rings (SSSR count). The number of hydrogen-bond donors (Lipinski definition) is 0. The van der Waals surface area contributed by atoms with Crippen molar-refractivity contribution in [2.75, 3.05) is 26.2 Å². The summed E-state index contributed by atoms with van der Waals surface area (Å²) in [5.41, 5.74) is 0.427. The highest BCUT2D eigenvalue weighted by atomic mass is 35.5. The number of carbonyl (C=O) groups excluding carboxylic acids is 2. The van der Waals surface area contributed by atoms with Gasteiger partial charge in [0.2, 0.25) is 5.91 Å². The van der Waals surface area contributed by atoms with Crippen LogP contribution in [0.25, 0.3) is 0 Å². The summed E-state index contributed by atoms with van der Waals surface area (Å²) in [6.45, 7) is 2.26. The minimum atomic E-state index is -0.119. The Bertz CT molecular complexity index is 651. The second kappa shape index (κ2) is 9.09. The summed E-state index contributed by atoms with van der Waals surface area (Å²) in [5, 5.41) is 0.902. The molecule has 1 aromatic rings. The van der Waals surface area contributed by atoms with Crippen LogP contribution in [-0.2, 0) is 4.79 Å². The summed E-state index contributed by atoms with van der Waals surface area (Å²) in [6.07, 6.45) is 8.16. The summed E-state index contributed by atoms with van der Waals surface area (Å²) in [4.78, 5) is 28.8. The standard InChI is InChI=1S/C20H26Cl2N2O2/c21-16-7-8-18(22)17(14-16)20(26)24-12-10-23(11-13-24)19(25)9-6-15-4-2-1-3-5-15/h7-8,14-15H,1-6,9-13H2. The molecule has 142 valence electrons. The number of amides is 2. The SMILES string of the molecule is O=C(CCC1CCCCC1)N1CCN(C(=O)c2cc(Cl)ccc2Cl)CC1. The Labute approximate surface area is 165 Å². The fourth-order valence-electron chi connectivity index (χ4n) is 3.95. The lowest BCUT2D eigenvalue weighted by Crippen LogP contribution is -2.50. The van der Waals surface area contributed by atoms with Gasteiger partial charge in [-0.15, -0.1) is 0 Å². The van der Waals surface area contributed by atoms with Crippen LogP contribution in [-0.4, -0.2) is 47.8 Å². The molecular weight excluding hydrogens is 371 g/mol. The van der Waals surface area contributed by atoms with E-state index < -0.39 is 0 Å². The summed E-state index contributed by atoms with van der Waals surface area (Å²) in [5.74, 6) is 0.829. The highest BCUT2D eigenvalue weighted by molar-refractivity contribution is 6.35. The molecule has 1 saturated carbocycles. The van der Waals surface area contributed by atoms with Crippen LogP contribution < -0.4 is 0 Å². The maximum atomic E-state index is 12.7. The van der Waals surface area contributed by atoms with Gasteiger partial charge in [0.25, 0.3) is 5.91 Å². The maximum Gasteiger partial charge on any atom is 0.255 e. The number of rotatable bonds is 4. The third-order valence-electron chi connectivity index (χ3n) is 5.57. The number of nitrogens with zero attached hydrogens (tertiary/aromatic N) is 2. The van der Waals surface area contributed by atoms with Crippen molar-refractivity contribution in [1.29, 1.82) is 0 Å². The molecule has 1 saturated heterocycles. The Balaban J connectivity index is 1.48. The second-order valence-electron chi connectivity index (χ2n) is 7.34. The first-order chi connectivity index (χ1) is 12.5. The van der Waals surface area contributed by atoms with Crippen LogP contribution in [0.3, 0.4) is 0 Å². The molecule has 26 heavy (non-hydrogen) atoms. The van der Waals surface area contributed by atoms with E-state index in [1.807, 2.05) is 4.90 Å². The summed E-state index contributed by atoms with van der Waals surface area (Å²) < 4.78 is 0. The van der Waals surface area contributed by atoms with Gasteiger partial charge in [-0.3, -0.25) is 9.59 Å². The second-order valence-corrected chi connectivity index (χ2v) is 8.18. The van der Waals surface area contributed by atoms with E-state index in [0.29, 0.717) is 48.2 Å². The molecule has 0 unspecified atom stereocenters. The van der Waals surface area contributed by atoms with Gasteiger partial charge in [0.05, 0.1) is 10.6 Å². The molecule has 1 aromatic carbocycles. The maximum absolute atomic E-state index is 12.7. The van der Waals surface area contributed by atoms with Crippen LogP contribution in [0.4, 0.5) is 0 Å². The fourth-order valence-corrected chi connectivity index (χ4v) is 4.32. The molecule has 1 aliphatic carbocycles. The van der Waals surface area contributed by atoms with Crippen molar-refractivity contribution < 1.29 is 9.59 Å². The van der Waals surface area contributed by atoms with Crippen molar-refractivity contribution in [2.45, 2.75) is 44.9 Å². The molecule has 0 atom stereocenters. The van der Waals surface area contributed by atoms with E-state index in [0.717, 1.165) is 12.3 Å². The summed E-state index contributed by atoms with van der Waals surface area (Å²) in [7, 11) is 0. The predicted octanol–water partition coefficient (Wildman–Crippen LogP) is 4.64. The first kappa shape index (κ1) is 19.5. The molecule has 4 nitrogen and oxygen atoms in total. The van der Waals surface area contributed by atoms with Crippen LogP contribution in [0.2, 0.25) is 10.0 Å². The van der Waals surface area contributed by atoms with Gasteiger partial charge in [-0.25, -0.2) is 0 Å². The largest absolute Gasteiger partial charge is 0.339 e. The van der Waals surface area contributed by atoms with Crippen LogP contribution in [0.5, 0.6) is 0 Å². The van der Waals surface area contributed by atoms with E-state index in [1.54, 1.807) is 23.1 Å². The zero-order chi connectivity index (χ0) is 18.5. The van der Waals surface area contributed by atoms with Crippen molar-refractivity contribution in [3.05, 3.63) is 33.8 Å². The Morgan fingerprint density at radius 3 is 2.31 bits per heavy atom. The van der Waals surface area contributed by atoms with Gasteiger partial charge >= 0.3 is 0 Å². The quantitative estimate of drug-likeness (QED) is 0.743. The number of carbonyl (C=O) groups is 2. The monoisotopic (exact) mass is 396 g/mol. The number of halogens is 2. The molecule has 2 aliphatic rings. The lowest BCUT2D eigenvalue weighted by Gasteiger charge is -2.35. The Kier molecular flexibility index (Phi) is 6.82. The Morgan fingerprint density at radius 1 is 0.962 bits per heavy atom. The number of benzene rings is 1. The van der Waals surface area contributed by atoms with Gasteiger partial charge in [0.1, 0.15) is 0 Å². The van der Waals surface area contributed by atoms with Crippen molar-refractivity contribution in [1.82, 2.24) is 9.80 Å².